The van der Waals surface area contributed by atoms with Crippen LogP contribution in [0.2, 0.25) is 0 Å². The van der Waals surface area contributed by atoms with Crippen LogP contribution < -0.4 is 0 Å². The maximum absolute atomic E-state index is 12.3. The molecule has 1 aliphatic rings. The molecule has 1 N–H and O–H groups in total. The molecule has 122 valence electrons. The molecular weight excluding hydrogens is 290 g/mol. The number of aromatic nitrogens is 2. The summed E-state index contributed by atoms with van der Waals surface area (Å²) < 4.78 is 2.00. The van der Waals surface area contributed by atoms with Crippen molar-refractivity contribution in [1.29, 1.82) is 0 Å². The van der Waals surface area contributed by atoms with E-state index in [4.69, 9.17) is 0 Å². The predicted molar refractivity (Wildman–Crippen MR) is 88.1 cm³/mol. The number of hydrogen-bond donors (Lipinski definition) is 1. The van der Waals surface area contributed by atoms with Crippen molar-refractivity contribution in [3.63, 3.8) is 0 Å². The first kappa shape index (κ1) is 15.6. The van der Waals surface area contributed by atoms with E-state index in [0.717, 1.165) is 38.9 Å². The standard InChI is InChI=1S/C18H23N3O2/c22-17-5-3-15(4-6-17)16-7-11-21(12-8-16)18(23)2-1-10-20-13-9-19-14-20/h3-6,9,13-14,16,22H,1-2,7-8,10-12H2. The van der Waals surface area contributed by atoms with Crippen molar-refractivity contribution in [2.75, 3.05) is 13.1 Å². The zero-order chi connectivity index (χ0) is 16.1. The first-order valence-corrected chi connectivity index (χ1v) is 8.25. The monoisotopic (exact) mass is 313 g/mol. The van der Waals surface area contributed by atoms with E-state index >= 15 is 0 Å². The van der Waals surface area contributed by atoms with Gasteiger partial charge in [0.1, 0.15) is 5.75 Å². The molecule has 1 amide bonds. The number of aromatic hydroxyl groups is 1. The van der Waals surface area contributed by atoms with Gasteiger partial charge in [0, 0.05) is 38.4 Å². The molecule has 0 unspecified atom stereocenters. The number of carbonyl (C=O) groups excluding carboxylic acids is 1. The van der Waals surface area contributed by atoms with Crippen molar-refractivity contribution < 1.29 is 9.90 Å². The summed E-state index contributed by atoms with van der Waals surface area (Å²) >= 11 is 0. The summed E-state index contributed by atoms with van der Waals surface area (Å²) in [5.74, 6) is 1.05. The van der Waals surface area contributed by atoms with Crippen LogP contribution in [0, 0.1) is 0 Å². The van der Waals surface area contributed by atoms with Crippen LogP contribution in [0.25, 0.3) is 0 Å². The molecule has 0 saturated carbocycles. The molecule has 2 heterocycles. The van der Waals surface area contributed by atoms with Crippen molar-refractivity contribution >= 4 is 5.91 Å². The summed E-state index contributed by atoms with van der Waals surface area (Å²) in [7, 11) is 0. The molecular formula is C18H23N3O2. The SMILES string of the molecule is O=C(CCCn1ccnc1)N1CCC(c2ccc(O)cc2)CC1. The molecule has 1 aromatic heterocycles. The number of carbonyl (C=O) groups is 1. The van der Waals surface area contributed by atoms with E-state index in [-0.39, 0.29) is 5.91 Å². The van der Waals surface area contributed by atoms with Crippen LogP contribution in [0.4, 0.5) is 0 Å². The summed E-state index contributed by atoms with van der Waals surface area (Å²) in [6.07, 6.45) is 8.92. The molecule has 1 aromatic carbocycles. The average Bonchev–Trinajstić information content (AvgIpc) is 3.09. The van der Waals surface area contributed by atoms with E-state index in [2.05, 4.69) is 4.98 Å². The van der Waals surface area contributed by atoms with E-state index in [1.54, 1.807) is 24.7 Å². The van der Waals surface area contributed by atoms with Gasteiger partial charge in [-0.3, -0.25) is 4.79 Å². The van der Waals surface area contributed by atoms with E-state index in [9.17, 15) is 9.90 Å². The van der Waals surface area contributed by atoms with Crippen molar-refractivity contribution in [2.24, 2.45) is 0 Å². The highest BCUT2D eigenvalue weighted by Gasteiger charge is 2.23. The van der Waals surface area contributed by atoms with E-state index in [1.807, 2.05) is 27.8 Å². The highest BCUT2D eigenvalue weighted by molar-refractivity contribution is 5.76. The van der Waals surface area contributed by atoms with Gasteiger partial charge in [0.15, 0.2) is 0 Å². The van der Waals surface area contributed by atoms with Gasteiger partial charge in [0.25, 0.3) is 0 Å². The molecule has 23 heavy (non-hydrogen) atoms. The smallest absolute Gasteiger partial charge is 0.222 e. The lowest BCUT2D eigenvalue weighted by Crippen LogP contribution is -2.37. The van der Waals surface area contributed by atoms with Crippen molar-refractivity contribution in [3.8, 4) is 5.75 Å². The lowest BCUT2D eigenvalue weighted by Gasteiger charge is -2.32. The Balaban J connectivity index is 1.43. The van der Waals surface area contributed by atoms with Crippen LogP contribution in [-0.4, -0.2) is 38.6 Å². The van der Waals surface area contributed by atoms with Crippen LogP contribution in [0.1, 0.15) is 37.2 Å². The fourth-order valence-electron chi connectivity index (χ4n) is 3.20. The minimum Gasteiger partial charge on any atom is -0.508 e. The maximum atomic E-state index is 12.3. The Labute approximate surface area is 136 Å². The molecule has 5 nitrogen and oxygen atoms in total. The summed E-state index contributed by atoms with van der Waals surface area (Å²) in [5.41, 5.74) is 1.26. The molecule has 0 bridgehead atoms. The zero-order valence-corrected chi connectivity index (χ0v) is 13.3. The number of benzene rings is 1. The molecule has 0 atom stereocenters. The fraction of sp³-hybridized carbons (Fsp3) is 0.444. The third kappa shape index (κ3) is 4.12. The Morgan fingerprint density at radius 1 is 1.22 bits per heavy atom. The fourth-order valence-corrected chi connectivity index (χ4v) is 3.20. The minimum atomic E-state index is 0.259. The van der Waals surface area contributed by atoms with Gasteiger partial charge in [0.2, 0.25) is 5.91 Å². The average molecular weight is 313 g/mol. The summed E-state index contributed by atoms with van der Waals surface area (Å²) in [4.78, 5) is 18.3. The Morgan fingerprint density at radius 3 is 2.61 bits per heavy atom. The van der Waals surface area contributed by atoms with Gasteiger partial charge < -0.3 is 14.6 Å². The number of aryl methyl sites for hydroxylation is 1. The third-order valence-corrected chi connectivity index (χ3v) is 4.58. The number of hydrogen-bond acceptors (Lipinski definition) is 3. The Bertz CT molecular complexity index is 614. The van der Waals surface area contributed by atoms with Crippen molar-refractivity contribution in [2.45, 2.75) is 38.1 Å². The lowest BCUT2D eigenvalue weighted by molar-refractivity contribution is -0.132. The number of rotatable bonds is 5. The van der Waals surface area contributed by atoms with Gasteiger partial charge >= 0.3 is 0 Å². The first-order valence-electron chi connectivity index (χ1n) is 8.25. The van der Waals surface area contributed by atoms with Gasteiger partial charge in [-0.25, -0.2) is 4.98 Å². The maximum Gasteiger partial charge on any atom is 0.222 e. The van der Waals surface area contributed by atoms with Crippen molar-refractivity contribution in [3.05, 3.63) is 48.5 Å². The second kappa shape index (κ2) is 7.31. The largest absolute Gasteiger partial charge is 0.508 e. The number of phenolic OH excluding ortho intramolecular Hbond substituents is 1. The van der Waals surface area contributed by atoms with Crippen LogP contribution in [0.3, 0.4) is 0 Å². The summed E-state index contributed by atoms with van der Waals surface area (Å²) in [6.45, 7) is 2.50. The highest BCUT2D eigenvalue weighted by atomic mass is 16.3. The molecule has 5 heteroatoms. The minimum absolute atomic E-state index is 0.259. The number of likely N-dealkylation sites (tertiary alicyclic amines) is 1. The van der Waals surface area contributed by atoms with Crippen molar-refractivity contribution in [1.82, 2.24) is 14.5 Å². The molecule has 0 aliphatic carbocycles. The first-order chi connectivity index (χ1) is 11.2. The van der Waals surface area contributed by atoms with E-state index < -0.39 is 0 Å². The number of phenols is 1. The molecule has 0 spiro atoms. The number of piperidine rings is 1. The van der Waals surface area contributed by atoms with Crippen LogP contribution in [0.5, 0.6) is 5.75 Å². The third-order valence-electron chi connectivity index (χ3n) is 4.58. The topological polar surface area (TPSA) is 58.4 Å². The summed E-state index contributed by atoms with van der Waals surface area (Å²) in [5, 5.41) is 9.36. The van der Waals surface area contributed by atoms with Gasteiger partial charge in [-0.15, -0.1) is 0 Å². The van der Waals surface area contributed by atoms with Crippen LogP contribution in [0.15, 0.2) is 43.0 Å². The Hall–Kier alpha value is -2.30. The summed E-state index contributed by atoms with van der Waals surface area (Å²) in [6, 6.07) is 7.46. The van der Waals surface area contributed by atoms with Crippen LogP contribution in [-0.2, 0) is 11.3 Å². The van der Waals surface area contributed by atoms with Gasteiger partial charge in [-0.05, 0) is 42.9 Å². The second-order valence-electron chi connectivity index (χ2n) is 6.15. The predicted octanol–water partition coefficient (Wildman–Crippen LogP) is 2.78. The number of nitrogens with zero attached hydrogens (tertiary/aromatic N) is 3. The quantitative estimate of drug-likeness (QED) is 0.923. The van der Waals surface area contributed by atoms with Gasteiger partial charge in [0.05, 0.1) is 6.33 Å². The molecule has 2 aromatic rings. The number of amides is 1. The zero-order valence-electron chi connectivity index (χ0n) is 13.3. The van der Waals surface area contributed by atoms with Gasteiger partial charge in [-0.2, -0.15) is 0 Å². The Kier molecular flexibility index (Phi) is 4.95. The highest BCUT2D eigenvalue weighted by Crippen LogP contribution is 2.29. The van der Waals surface area contributed by atoms with Gasteiger partial charge in [-0.1, -0.05) is 12.1 Å². The lowest BCUT2D eigenvalue weighted by atomic mass is 9.89. The van der Waals surface area contributed by atoms with Crippen LogP contribution >= 0.6 is 0 Å². The van der Waals surface area contributed by atoms with E-state index in [1.165, 1.54) is 5.56 Å². The molecule has 1 aliphatic heterocycles. The Morgan fingerprint density at radius 2 is 1.96 bits per heavy atom. The second-order valence-corrected chi connectivity index (χ2v) is 6.15. The normalized spacial score (nSPS) is 15.7. The molecule has 0 radical (unpaired) electrons. The molecule has 3 rings (SSSR count). The number of imidazole rings is 1. The molecule has 1 saturated heterocycles. The molecule has 1 fully saturated rings. The van der Waals surface area contributed by atoms with E-state index in [0.29, 0.717) is 18.1 Å².